The second-order valence-corrected chi connectivity index (χ2v) is 12.0. The standard InChI is InChI=1S/C14H26OSSi/c1-11(2)17(12(3)4,13(5)6)15-14-8-7-9-16-10-14/h7-8,10-13H,9H2,1-6H3. The van der Waals surface area contributed by atoms with E-state index in [2.05, 4.69) is 59.1 Å². The monoisotopic (exact) mass is 270 g/mol. The molecule has 0 spiro atoms. The van der Waals surface area contributed by atoms with E-state index < -0.39 is 8.32 Å². The molecule has 0 aliphatic carbocycles. The van der Waals surface area contributed by atoms with Gasteiger partial charge >= 0.3 is 0 Å². The molecule has 0 radical (unpaired) electrons. The van der Waals surface area contributed by atoms with E-state index in [4.69, 9.17) is 4.43 Å². The van der Waals surface area contributed by atoms with Crippen molar-refractivity contribution < 1.29 is 4.43 Å². The maximum atomic E-state index is 6.56. The molecule has 0 aromatic rings. The third-order valence-electron chi connectivity index (χ3n) is 3.68. The van der Waals surface area contributed by atoms with Gasteiger partial charge < -0.3 is 4.43 Å². The molecular weight excluding hydrogens is 244 g/mol. The molecule has 1 aliphatic heterocycles. The quantitative estimate of drug-likeness (QED) is 0.625. The van der Waals surface area contributed by atoms with Crippen LogP contribution in [0.5, 0.6) is 0 Å². The second-order valence-electron chi connectivity index (χ2n) is 5.68. The van der Waals surface area contributed by atoms with Gasteiger partial charge in [-0.2, -0.15) is 0 Å². The van der Waals surface area contributed by atoms with E-state index in [1.807, 2.05) is 11.8 Å². The van der Waals surface area contributed by atoms with Gasteiger partial charge in [0.05, 0.1) is 0 Å². The summed E-state index contributed by atoms with van der Waals surface area (Å²) in [6, 6.07) is 0. The van der Waals surface area contributed by atoms with Crippen LogP contribution < -0.4 is 0 Å². The van der Waals surface area contributed by atoms with Gasteiger partial charge in [0.1, 0.15) is 5.76 Å². The van der Waals surface area contributed by atoms with E-state index in [1.165, 1.54) is 0 Å². The van der Waals surface area contributed by atoms with Gasteiger partial charge in [0, 0.05) is 11.2 Å². The van der Waals surface area contributed by atoms with E-state index in [0.29, 0.717) is 16.6 Å². The van der Waals surface area contributed by atoms with E-state index in [0.717, 1.165) is 11.5 Å². The summed E-state index contributed by atoms with van der Waals surface area (Å²) < 4.78 is 6.56. The smallest absolute Gasteiger partial charge is 0.258 e. The Hall–Kier alpha value is -0.153. The predicted molar refractivity (Wildman–Crippen MR) is 81.8 cm³/mol. The lowest BCUT2D eigenvalue weighted by molar-refractivity contribution is 0.387. The molecule has 0 aromatic carbocycles. The Bertz CT molecular complexity index is 284. The van der Waals surface area contributed by atoms with Gasteiger partial charge in [-0.1, -0.05) is 47.6 Å². The Morgan fingerprint density at radius 3 is 1.94 bits per heavy atom. The Balaban J connectivity index is 2.97. The molecule has 98 valence electrons. The first-order valence-corrected chi connectivity index (χ1v) is 9.77. The Morgan fingerprint density at radius 2 is 1.59 bits per heavy atom. The van der Waals surface area contributed by atoms with Crippen LogP contribution in [0.2, 0.25) is 16.6 Å². The average molecular weight is 271 g/mol. The van der Waals surface area contributed by atoms with E-state index in [-0.39, 0.29) is 0 Å². The molecule has 0 fully saturated rings. The molecule has 0 unspecified atom stereocenters. The fourth-order valence-corrected chi connectivity index (χ4v) is 8.93. The van der Waals surface area contributed by atoms with Crippen LogP contribution in [0.4, 0.5) is 0 Å². The Kier molecular flexibility index (Phi) is 5.39. The largest absolute Gasteiger partial charge is 0.542 e. The fourth-order valence-electron chi connectivity index (χ4n) is 3.01. The number of allylic oxidation sites excluding steroid dienone is 1. The lowest BCUT2D eigenvalue weighted by atomic mass is 10.5. The zero-order chi connectivity index (χ0) is 13.1. The molecule has 17 heavy (non-hydrogen) atoms. The van der Waals surface area contributed by atoms with Crippen molar-refractivity contribution >= 4 is 20.1 Å². The van der Waals surface area contributed by atoms with Gasteiger partial charge in [0.2, 0.25) is 0 Å². The maximum absolute atomic E-state index is 6.56. The van der Waals surface area contributed by atoms with Crippen molar-refractivity contribution in [2.45, 2.75) is 58.2 Å². The molecule has 0 amide bonds. The number of thioether (sulfide) groups is 1. The summed E-state index contributed by atoms with van der Waals surface area (Å²) in [4.78, 5) is 0. The van der Waals surface area contributed by atoms with Gasteiger partial charge in [0.25, 0.3) is 8.32 Å². The van der Waals surface area contributed by atoms with Gasteiger partial charge in [-0.05, 0) is 22.7 Å². The molecule has 0 saturated carbocycles. The molecule has 3 heteroatoms. The highest BCUT2D eigenvalue weighted by atomic mass is 32.2. The molecule has 1 nitrogen and oxygen atoms in total. The lowest BCUT2D eigenvalue weighted by Gasteiger charge is -2.42. The number of hydrogen-bond acceptors (Lipinski definition) is 2. The van der Waals surface area contributed by atoms with Crippen LogP contribution >= 0.6 is 11.8 Å². The summed E-state index contributed by atoms with van der Waals surface area (Å²) in [7, 11) is -1.75. The highest BCUT2D eigenvalue weighted by Crippen LogP contribution is 2.44. The minimum absolute atomic E-state index is 0.642. The van der Waals surface area contributed by atoms with Gasteiger partial charge in [-0.25, -0.2) is 0 Å². The third kappa shape index (κ3) is 3.19. The van der Waals surface area contributed by atoms with Crippen LogP contribution in [0.25, 0.3) is 0 Å². The van der Waals surface area contributed by atoms with Gasteiger partial charge in [-0.15, -0.1) is 11.8 Å². The Morgan fingerprint density at radius 1 is 1.06 bits per heavy atom. The maximum Gasteiger partial charge on any atom is 0.258 e. The minimum atomic E-state index is -1.75. The summed E-state index contributed by atoms with van der Waals surface area (Å²) in [5.74, 6) is 2.16. The van der Waals surface area contributed by atoms with Crippen molar-refractivity contribution in [2.75, 3.05) is 5.75 Å². The first-order valence-electron chi connectivity index (χ1n) is 6.58. The molecule has 1 aliphatic rings. The lowest BCUT2D eigenvalue weighted by Crippen LogP contribution is -2.47. The molecule has 0 bridgehead atoms. The summed E-state index contributed by atoms with van der Waals surface area (Å²) in [6.45, 7) is 14.0. The predicted octanol–water partition coefficient (Wildman–Crippen LogP) is 5.32. The van der Waals surface area contributed by atoms with Crippen LogP contribution in [-0.4, -0.2) is 14.1 Å². The zero-order valence-corrected chi connectivity index (χ0v) is 13.8. The Labute approximate surface area is 112 Å². The first kappa shape index (κ1) is 14.9. The van der Waals surface area contributed by atoms with Crippen LogP contribution in [0, 0.1) is 0 Å². The molecule has 0 atom stereocenters. The third-order valence-corrected chi connectivity index (χ3v) is 10.5. The van der Waals surface area contributed by atoms with Gasteiger partial charge in [0.15, 0.2) is 0 Å². The van der Waals surface area contributed by atoms with Crippen LogP contribution in [0.15, 0.2) is 23.3 Å². The SMILES string of the molecule is CC(C)[Si](OC1=CSCC=C1)(C(C)C)C(C)C. The summed E-state index contributed by atoms with van der Waals surface area (Å²) in [5.41, 5.74) is 1.93. The molecular formula is C14H26OSSi. The number of rotatable bonds is 5. The van der Waals surface area contributed by atoms with E-state index in [9.17, 15) is 0 Å². The molecule has 0 saturated heterocycles. The van der Waals surface area contributed by atoms with Crippen LogP contribution in [-0.2, 0) is 4.43 Å². The topological polar surface area (TPSA) is 9.23 Å². The molecule has 0 N–H and O–H groups in total. The first-order chi connectivity index (χ1) is 7.91. The highest BCUT2D eigenvalue weighted by Gasteiger charge is 2.47. The molecule has 1 heterocycles. The number of hydrogen-bond donors (Lipinski definition) is 0. The molecule has 0 aromatic heterocycles. The van der Waals surface area contributed by atoms with E-state index in [1.54, 1.807) is 0 Å². The summed E-state index contributed by atoms with van der Waals surface area (Å²) in [5, 5.41) is 2.18. The van der Waals surface area contributed by atoms with Crippen molar-refractivity contribution in [3.8, 4) is 0 Å². The highest BCUT2D eigenvalue weighted by molar-refractivity contribution is 8.02. The van der Waals surface area contributed by atoms with E-state index >= 15 is 0 Å². The van der Waals surface area contributed by atoms with Crippen molar-refractivity contribution in [1.82, 2.24) is 0 Å². The normalized spacial score (nSPS) is 16.9. The fraction of sp³-hybridized carbons (Fsp3) is 0.714. The zero-order valence-electron chi connectivity index (χ0n) is 12.0. The minimum Gasteiger partial charge on any atom is -0.542 e. The van der Waals surface area contributed by atoms with Crippen LogP contribution in [0.1, 0.15) is 41.5 Å². The summed E-state index contributed by atoms with van der Waals surface area (Å²) >= 11 is 1.83. The van der Waals surface area contributed by atoms with Crippen molar-refractivity contribution in [3.05, 3.63) is 23.3 Å². The molecule has 1 rings (SSSR count). The van der Waals surface area contributed by atoms with Gasteiger partial charge in [-0.3, -0.25) is 0 Å². The second kappa shape index (κ2) is 6.14. The van der Waals surface area contributed by atoms with Crippen LogP contribution in [0.3, 0.4) is 0 Å². The average Bonchev–Trinajstić information content (AvgIpc) is 2.25. The van der Waals surface area contributed by atoms with Crippen molar-refractivity contribution in [1.29, 1.82) is 0 Å². The van der Waals surface area contributed by atoms with Crippen molar-refractivity contribution in [2.24, 2.45) is 0 Å². The van der Waals surface area contributed by atoms with Crippen molar-refractivity contribution in [3.63, 3.8) is 0 Å². The summed E-state index contributed by atoms with van der Waals surface area (Å²) in [6.07, 6.45) is 4.34.